The quantitative estimate of drug-likeness (QED) is 0.617. The van der Waals surface area contributed by atoms with Gasteiger partial charge in [-0.15, -0.1) is 0 Å². The molecule has 1 aromatic heterocycles. The van der Waals surface area contributed by atoms with Crippen LogP contribution in [0.1, 0.15) is 18.1 Å². The van der Waals surface area contributed by atoms with Gasteiger partial charge >= 0.3 is 5.97 Å². The molecular weight excluding hydrogens is 400 g/mol. The number of nitrogens with one attached hydrogen (secondary N) is 1. The summed E-state index contributed by atoms with van der Waals surface area (Å²) in [6, 6.07) is 10.2. The van der Waals surface area contributed by atoms with Crippen molar-refractivity contribution < 1.29 is 18.3 Å². The Balaban J connectivity index is 1.96. The third-order valence-electron chi connectivity index (χ3n) is 4.66. The lowest BCUT2D eigenvalue weighted by Gasteiger charge is -2.13. The zero-order valence-corrected chi connectivity index (χ0v) is 17.3. The van der Waals surface area contributed by atoms with Crippen LogP contribution in [0.25, 0.3) is 10.9 Å². The highest BCUT2D eigenvalue weighted by atomic mass is 35.5. The molecule has 1 heterocycles. The van der Waals surface area contributed by atoms with Gasteiger partial charge in [-0.05, 0) is 60.7 Å². The van der Waals surface area contributed by atoms with Crippen LogP contribution in [0, 0.1) is 19.8 Å². The zero-order valence-electron chi connectivity index (χ0n) is 15.7. The molecule has 8 heteroatoms. The first-order chi connectivity index (χ1) is 13.1. The lowest BCUT2D eigenvalue weighted by Crippen LogP contribution is -2.16. The molecule has 0 spiro atoms. The summed E-state index contributed by atoms with van der Waals surface area (Å²) < 4.78 is 30.2. The second kappa shape index (κ2) is 7.48. The number of hydrogen-bond donors (Lipinski definition) is 2. The Morgan fingerprint density at radius 1 is 1.18 bits per heavy atom. The molecule has 0 aliphatic carbocycles. The third-order valence-corrected chi connectivity index (χ3v) is 6.59. The van der Waals surface area contributed by atoms with Gasteiger partial charge in [0.25, 0.3) is 10.0 Å². The molecule has 2 N–H and O–H groups in total. The SMILES string of the molecule is Cc1cc(S(=O)(=O)Nc2ccc3ccn(CC(C)C(=O)O)c3c2)c(C)cc1Cl. The molecule has 1 unspecified atom stereocenters. The second-order valence-electron chi connectivity index (χ2n) is 6.95. The Bertz CT molecular complexity index is 1170. The first kappa shape index (κ1) is 20.2. The fraction of sp³-hybridized carbons (Fsp3) is 0.250. The number of benzene rings is 2. The second-order valence-corrected chi connectivity index (χ2v) is 9.01. The molecular formula is C20H21ClN2O4S. The number of nitrogens with zero attached hydrogens (tertiary/aromatic N) is 1. The van der Waals surface area contributed by atoms with Gasteiger partial charge in [0.15, 0.2) is 0 Å². The van der Waals surface area contributed by atoms with E-state index in [-0.39, 0.29) is 4.90 Å². The third kappa shape index (κ3) is 4.00. The molecule has 148 valence electrons. The number of aryl methyl sites for hydroxylation is 2. The van der Waals surface area contributed by atoms with E-state index in [0.29, 0.717) is 28.4 Å². The number of carboxylic acid groups (broad SMARTS) is 1. The standard InChI is InChI=1S/C20H21ClN2O4S/c1-12-9-19(13(2)8-17(12)21)28(26,27)22-16-5-4-15-6-7-23(18(15)10-16)11-14(3)20(24)25/h4-10,14,22H,11H2,1-3H3,(H,24,25). The normalized spacial score (nSPS) is 12.9. The highest BCUT2D eigenvalue weighted by Gasteiger charge is 2.19. The summed E-state index contributed by atoms with van der Waals surface area (Å²) in [5.74, 6) is -1.44. The van der Waals surface area contributed by atoms with Gasteiger partial charge in [-0.1, -0.05) is 24.6 Å². The van der Waals surface area contributed by atoms with Crippen LogP contribution in [0.15, 0.2) is 47.5 Å². The molecule has 0 aliphatic heterocycles. The molecule has 2 aromatic carbocycles. The van der Waals surface area contributed by atoms with Crippen LogP contribution in [0.2, 0.25) is 5.02 Å². The van der Waals surface area contributed by atoms with Crippen molar-refractivity contribution in [2.24, 2.45) is 5.92 Å². The van der Waals surface area contributed by atoms with E-state index in [2.05, 4.69) is 4.72 Å². The van der Waals surface area contributed by atoms with Crippen LogP contribution in [0.4, 0.5) is 5.69 Å². The Morgan fingerprint density at radius 2 is 1.89 bits per heavy atom. The summed E-state index contributed by atoms with van der Waals surface area (Å²) in [6.45, 7) is 5.38. The predicted molar refractivity (Wildman–Crippen MR) is 110 cm³/mol. The average molecular weight is 421 g/mol. The van der Waals surface area contributed by atoms with E-state index in [0.717, 1.165) is 10.9 Å². The summed E-state index contributed by atoms with van der Waals surface area (Å²) >= 11 is 6.07. The highest BCUT2D eigenvalue weighted by Crippen LogP contribution is 2.27. The van der Waals surface area contributed by atoms with Gasteiger partial charge in [-0.3, -0.25) is 9.52 Å². The van der Waals surface area contributed by atoms with Gasteiger partial charge in [0, 0.05) is 17.8 Å². The predicted octanol–water partition coefficient (Wildman–Crippen LogP) is 4.43. The number of anilines is 1. The van der Waals surface area contributed by atoms with Crippen molar-refractivity contribution in [2.45, 2.75) is 32.2 Å². The van der Waals surface area contributed by atoms with Gasteiger partial charge in [0.1, 0.15) is 0 Å². The number of sulfonamides is 1. The maximum Gasteiger partial charge on any atom is 0.308 e. The first-order valence-electron chi connectivity index (χ1n) is 8.70. The van der Waals surface area contributed by atoms with E-state index in [1.807, 2.05) is 10.6 Å². The molecule has 0 bridgehead atoms. The minimum Gasteiger partial charge on any atom is -0.481 e. The number of fused-ring (bicyclic) bond motifs is 1. The van der Waals surface area contributed by atoms with Gasteiger partial charge < -0.3 is 9.67 Å². The van der Waals surface area contributed by atoms with E-state index < -0.39 is 21.9 Å². The van der Waals surface area contributed by atoms with E-state index >= 15 is 0 Å². The van der Waals surface area contributed by atoms with Gasteiger partial charge in [-0.2, -0.15) is 0 Å². The van der Waals surface area contributed by atoms with Crippen molar-refractivity contribution in [3.05, 3.63) is 58.7 Å². The minimum atomic E-state index is -3.80. The number of rotatable bonds is 6. The van der Waals surface area contributed by atoms with E-state index in [1.165, 1.54) is 0 Å². The number of aromatic nitrogens is 1. The summed E-state index contributed by atoms with van der Waals surface area (Å²) in [4.78, 5) is 11.3. The smallest absolute Gasteiger partial charge is 0.308 e. The molecule has 3 aromatic rings. The van der Waals surface area contributed by atoms with E-state index in [1.54, 1.807) is 57.3 Å². The van der Waals surface area contributed by atoms with Crippen molar-refractivity contribution in [1.82, 2.24) is 4.57 Å². The summed E-state index contributed by atoms with van der Waals surface area (Å²) in [6.07, 6.45) is 1.80. The van der Waals surface area contributed by atoms with Gasteiger partial charge in [0.05, 0.1) is 22.0 Å². The molecule has 0 amide bonds. The highest BCUT2D eigenvalue weighted by molar-refractivity contribution is 7.92. The number of aliphatic carboxylic acids is 1. The van der Waals surface area contributed by atoms with Crippen molar-refractivity contribution >= 4 is 44.2 Å². The molecule has 6 nitrogen and oxygen atoms in total. The molecule has 0 fully saturated rings. The monoisotopic (exact) mass is 420 g/mol. The first-order valence-corrected chi connectivity index (χ1v) is 10.6. The molecule has 3 rings (SSSR count). The molecule has 0 aliphatic rings. The molecule has 1 atom stereocenters. The largest absolute Gasteiger partial charge is 0.481 e. The zero-order chi connectivity index (χ0) is 20.6. The summed E-state index contributed by atoms with van der Waals surface area (Å²) in [7, 11) is -3.80. The lowest BCUT2D eigenvalue weighted by atomic mass is 10.2. The summed E-state index contributed by atoms with van der Waals surface area (Å²) in [5, 5.41) is 10.6. The Labute approximate surface area is 168 Å². The van der Waals surface area contributed by atoms with Crippen LogP contribution >= 0.6 is 11.6 Å². The summed E-state index contributed by atoms with van der Waals surface area (Å²) in [5.41, 5.74) is 2.40. The number of carbonyl (C=O) groups is 1. The fourth-order valence-corrected chi connectivity index (χ4v) is 4.61. The van der Waals surface area contributed by atoms with Crippen LogP contribution < -0.4 is 4.72 Å². The minimum absolute atomic E-state index is 0.171. The maximum absolute atomic E-state index is 12.9. The van der Waals surface area contributed by atoms with Crippen LogP contribution in [-0.4, -0.2) is 24.1 Å². The van der Waals surface area contributed by atoms with Crippen LogP contribution in [0.3, 0.4) is 0 Å². The Morgan fingerprint density at radius 3 is 2.57 bits per heavy atom. The Kier molecular flexibility index (Phi) is 5.41. The van der Waals surface area contributed by atoms with Crippen molar-refractivity contribution in [3.8, 4) is 0 Å². The van der Waals surface area contributed by atoms with E-state index in [4.69, 9.17) is 16.7 Å². The molecule has 28 heavy (non-hydrogen) atoms. The number of carboxylic acids is 1. The molecule has 0 saturated heterocycles. The molecule has 0 saturated carbocycles. The average Bonchev–Trinajstić information content (AvgIpc) is 2.99. The maximum atomic E-state index is 12.9. The van der Waals surface area contributed by atoms with Crippen molar-refractivity contribution in [1.29, 1.82) is 0 Å². The van der Waals surface area contributed by atoms with Gasteiger partial charge in [0.2, 0.25) is 0 Å². The number of hydrogen-bond acceptors (Lipinski definition) is 3. The fourth-order valence-electron chi connectivity index (χ4n) is 3.03. The van der Waals surface area contributed by atoms with E-state index in [9.17, 15) is 13.2 Å². The molecule has 0 radical (unpaired) electrons. The van der Waals surface area contributed by atoms with Crippen molar-refractivity contribution in [3.63, 3.8) is 0 Å². The van der Waals surface area contributed by atoms with Gasteiger partial charge in [-0.25, -0.2) is 8.42 Å². The lowest BCUT2D eigenvalue weighted by molar-refractivity contribution is -0.141. The Hall–Kier alpha value is -2.51. The van der Waals surface area contributed by atoms with Crippen LogP contribution in [-0.2, 0) is 21.4 Å². The topological polar surface area (TPSA) is 88.4 Å². The van der Waals surface area contributed by atoms with Crippen LogP contribution in [0.5, 0.6) is 0 Å². The van der Waals surface area contributed by atoms with Crippen molar-refractivity contribution in [2.75, 3.05) is 4.72 Å². The number of halogens is 1.